The number of ether oxygens (including phenoxy) is 1. The molecule has 0 aromatic heterocycles. The fourth-order valence-corrected chi connectivity index (χ4v) is 1.66. The van der Waals surface area contributed by atoms with Gasteiger partial charge in [0.25, 0.3) is 0 Å². The van der Waals surface area contributed by atoms with Crippen molar-refractivity contribution in [1.29, 1.82) is 0 Å². The molecule has 0 spiro atoms. The summed E-state index contributed by atoms with van der Waals surface area (Å²) in [4.78, 5) is 10.9. The lowest BCUT2D eigenvalue weighted by Gasteiger charge is -2.11. The molecule has 0 amide bonds. The van der Waals surface area contributed by atoms with Crippen molar-refractivity contribution in [2.75, 3.05) is 7.11 Å². The highest BCUT2D eigenvalue weighted by molar-refractivity contribution is 9.10. The minimum absolute atomic E-state index is 0.168. The van der Waals surface area contributed by atoms with Crippen LogP contribution in [-0.4, -0.2) is 18.2 Å². The largest absolute Gasteiger partial charge is 0.469 e. The van der Waals surface area contributed by atoms with Crippen LogP contribution >= 0.6 is 15.9 Å². The van der Waals surface area contributed by atoms with E-state index in [9.17, 15) is 14.3 Å². The number of carbonyl (C=O) groups excluding carboxylic acids is 1. The molecule has 1 aromatic rings. The van der Waals surface area contributed by atoms with E-state index in [4.69, 9.17) is 0 Å². The van der Waals surface area contributed by atoms with Crippen LogP contribution in [-0.2, 0) is 9.53 Å². The van der Waals surface area contributed by atoms with Gasteiger partial charge >= 0.3 is 5.97 Å². The fraction of sp³-hybridized carbons (Fsp3) is 0.300. The topological polar surface area (TPSA) is 46.5 Å². The van der Waals surface area contributed by atoms with Gasteiger partial charge in [0.2, 0.25) is 0 Å². The third kappa shape index (κ3) is 3.00. The predicted octanol–water partition coefficient (Wildman–Crippen LogP) is 2.18. The van der Waals surface area contributed by atoms with Gasteiger partial charge < -0.3 is 9.84 Å². The first-order chi connectivity index (χ1) is 7.06. The third-order valence-electron chi connectivity index (χ3n) is 1.93. The summed E-state index contributed by atoms with van der Waals surface area (Å²) in [6, 6.07) is 4.27. The Morgan fingerprint density at radius 2 is 2.33 bits per heavy atom. The Morgan fingerprint density at radius 1 is 1.67 bits per heavy atom. The molecule has 1 unspecified atom stereocenters. The van der Waals surface area contributed by atoms with E-state index in [1.165, 1.54) is 19.2 Å². The molecular formula is C10H10BrFO3. The molecule has 3 nitrogen and oxygen atoms in total. The number of hydrogen-bond donors (Lipinski definition) is 1. The van der Waals surface area contributed by atoms with Crippen molar-refractivity contribution in [3.05, 3.63) is 34.1 Å². The molecule has 82 valence electrons. The molecule has 0 aliphatic rings. The number of hydrogen-bond acceptors (Lipinski definition) is 3. The summed E-state index contributed by atoms with van der Waals surface area (Å²) >= 11 is 3.01. The van der Waals surface area contributed by atoms with Crippen LogP contribution < -0.4 is 0 Å². The highest BCUT2D eigenvalue weighted by Gasteiger charge is 2.17. The molecular weight excluding hydrogens is 267 g/mol. The van der Waals surface area contributed by atoms with E-state index < -0.39 is 17.9 Å². The zero-order valence-electron chi connectivity index (χ0n) is 8.04. The van der Waals surface area contributed by atoms with Gasteiger partial charge in [-0.15, -0.1) is 0 Å². The molecule has 1 N–H and O–H groups in total. The van der Waals surface area contributed by atoms with Crippen LogP contribution in [0.5, 0.6) is 0 Å². The Morgan fingerprint density at radius 3 is 2.93 bits per heavy atom. The standard InChI is InChI=1S/C10H10BrFO3/c1-15-9(14)5-8(13)6-3-2-4-7(12)10(6)11/h2-4,8,13H,5H2,1H3. The highest BCUT2D eigenvalue weighted by Crippen LogP contribution is 2.27. The minimum Gasteiger partial charge on any atom is -0.469 e. The van der Waals surface area contributed by atoms with Gasteiger partial charge in [-0.2, -0.15) is 0 Å². The van der Waals surface area contributed by atoms with Crippen LogP contribution in [0.25, 0.3) is 0 Å². The summed E-state index contributed by atoms with van der Waals surface area (Å²) in [6.45, 7) is 0. The summed E-state index contributed by atoms with van der Waals surface area (Å²) in [7, 11) is 1.23. The first-order valence-corrected chi connectivity index (χ1v) is 5.04. The number of rotatable bonds is 3. The lowest BCUT2D eigenvalue weighted by atomic mass is 10.1. The molecule has 0 saturated heterocycles. The second kappa shape index (κ2) is 5.23. The zero-order chi connectivity index (χ0) is 11.4. The van der Waals surface area contributed by atoms with Gasteiger partial charge in [-0.3, -0.25) is 4.79 Å². The maximum Gasteiger partial charge on any atom is 0.308 e. The Bertz CT molecular complexity index is 368. The molecule has 1 aromatic carbocycles. The number of halogens is 2. The molecule has 1 rings (SSSR count). The molecule has 15 heavy (non-hydrogen) atoms. The second-order valence-corrected chi connectivity index (χ2v) is 3.73. The monoisotopic (exact) mass is 276 g/mol. The normalized spacial score (nSPS) is 12.3. The Balaban J connectivity index is 2.86. The quantitative estimate of drug-likeness (QED) is 0.861. The smallest absolute Gasteiger partial charge is 0.308 e. The summed E-state index contributed by atoms with van der Waals surface area (Å²) in [5, 5.41) is 9.63. The summed E-state index contributed by atoms with van der Waals surface area (Å²) < 4.78 is 17.7. The van der Waals surface area contributed by atoms with Gasteiger partial charge in [0.1, 0.15) is 5.82 Å². The maximum absolute atomic E-state index is 13.1. The molecule has 0 radical (unpaired) electrons. The van der Waals surface area contributed by atoms with Crippen molar-refractivity contribution >= 4 is 21.9 Å². The minimum atomic E-state index is -1.07. The molecule has 0 fully saturated rings. The third-order valence-corrected chi connectivity index (χ3v) is 2.76. The van der Waals surface area contributed by atoms with E-state index in [2.05, 4.69) is 20.7 Å². The molecule has 0 aliphatic carbocycles. The first-order valence-electron chi connectivity index (χ1n) is 4.25. The van der Waals surface area contributed by atoms with Gasteiger partial charge in [-0.1, -0.05) is 12.1 Å². The van der Waals surface area contributed by atoms with Gasteiger partial charge in [0, 0.05) is 0 Å². The Labute approximate surface area is 95.0 Å². The van der Waals surface area contributed by atoms with Gasteiger partial charge in [-0.25, -0.2) is 4.39 Å². The van der Waals surface area contributed by atoms with E-state index in [-0.39, 0.29) is 10.9 Å². The van der Waals surface area contributed by atoms with Crippen molar-refractivity contribution in [3.8, 4) is 0 Å². The lowest BCUT2D eigenvalue weighted by Crippen LogP contribution is -2.08. The molecule has 1 atom stereocenters. The zero-order valence-corrected chi connectivity index (χ0v) is 9.62. The predicted molar refractivity (Wildman–Crippen MR) is 55.7 cm³/mol. The highest BCUT2D eigenvalue weighted by atomic mass is 79.9. The van der Waals surface area contributed by atoms with Crippen molar-refractivity contribution in [2.45, 2.75) is 12.5 Å². The lowest BCUT2D eigenvalue weighted by molar-refractivity contribution is -0.142. The average molecular weight is 277 g/mol. The second-order valence-electron chi connectivity index (χ2n) is 2.94. The SMILES string of the molecule is COC(=O)CC(O)c1cccc(F)c1Br. The number of carbonyl (C=O) groups is 1. The van der Waals surface area contributed by atoms with Crippen LogP contribution in [0.1, 0.15) is 18.1 Å². The van der Waals surface area contributed by atoms with Crippen molar-refractivity contribution in [2.24, 2.45) is 0 Å². The van der Waals surface area contributed by atoms with Crippen LogP contribution in [0.2, 0.25) is 0 Å². The van der Waals surface area contributed by atoms with Crippen molar-refractivity contribution in [1.82, 2.24) is 0 Å². The van der Waals surface area contributed by atoms with E-state index in [0.29, 0.717) is 5.56 Å². The van der Waals surface area contributed by atoms with Gasteiger partial charge in [0.05, 0.1) is 24.1 Å². The van der Waals surface area contributed by atoms with Crippen molar-refractivity contribution in [3.63, 3.8) is 0 Å². The van der Waals surface area contributed by atoms with Crippen LogP contribution in [0.4, 0.5) is 4.39 Å². The first kappa shape index (κ1) is 12.1. The summed E-state index contributed by atoms with van der Waals surface area (Å²) in [5.41, 5.74) is 0.334. The average Bonchev–Trinajstić information content (AvgIpc) is 2.21. The molecule has 0 aliphatic heterocycles. The van der Waals surface area contributed by atoms with Crippen molar-refractivity contribution < 1.29 is 19.0 Å². The number of esters is 1. The van der Waals surface area contributed by atoms with E-state index in [1.54, 1.807) is 6.07 Å². The van der Waals surface area contributed by atoms with E-state index >= 15 is 0 Å². The van der Waals surface area contributed by atoms with Gasteiger partial charge in [-0.05, 0) is 27.6 Å². The van der Waals surface area contributed by atoms with Crippen LogP contribution in [0, 0.1) is 5.82 Å². The van der Waals surface area contributed by atoms with E-state index in [1.807, 2.05) is 0 Å². The maximum atomic E-state index is 13.1. The Hall–Kier alpha value is -0.940. The molecule has 5 heteroatoms. The van der Waals surface area contributed by atoms with Crippen LogP contribution in [0.3, 0.4) is 0 Å². The van der Waals surface area contributed by atoms with Crippen LogP contribution in [0.15, 0.2) is 22.7 Å². The molecule has 0 saturated carbocycles. The summed E-state index contributed by atoms with van der Waals surface area (Å²) in [5.74, 6) is -1.02. The molecule has 0 bridgehead atoms. The van der Waals surface area contributed by atoms with E-state index in [0.717, 1.165) is 0 Å². The number of aliphatic hydroxyl groups is 1. The Kier molecular flexibility index (Phi) is 4.23. The molecule has 0 heterocycles. The van der Waals surface area contributed by atoms with Gasteiger partial charge in [0.15, 0.2) is 0 Å². The number of benzene rings is 1. The fourth-order valence-electron chi connectivity index (χ4n) is 1.13. The summed E-state index contributed by atoms with van der Waals surface area (Å²) in [6.07, 6.45) is -1.26. The number of aliphatic hydroxyl groups excluding tert-OH is 1. The number of methoxy groups -OCH3 is 1.